The first-order valence-corrected chi connectivity index (χ1v) is 14.4. The van der Waals surface area contributed by atoms with Crippen LogP contribution in [0, 0.1) is 31.9 Å². The molecule has 0 atom stereocenters. The topological polar surface area (TPSA) is 51.8 Å². The molecule has 0 aliphatic carbocycles. The first kappa shape index (κ1) is 28.3. The molecule has 7 rings (SSSR count). The van der Waals surface area contributed by atoms with Crippen molar-refractivity contribution < 1.29 is 27.3 Å². The quantitative estimate of drug-likeness (QED) is 0.164. The summed E-state index contributed by atoms with van der Waals surface area (Å²) in [5, 5.41) is 1.88. The number of fused-ring (bicyclic) bond motifs is 3. The van der Waals surface area contributed by atoms with Gasteiger partial charge in [-0.15, -0.1) is 54.1 Å². The first-order valence-electron chi connectivity index (χ1n) is 15.4. The number of aromatic nitrogens is 3. The largest absolute Gasteiger partial charge is 0.486 e. The molecule has 0 aliphatic rings. The van der Waals surface area contributed by atoms with Gasteiger partial charge in [0.25, 0.3) is 0 Å². The van der Waals surface area contributed by atoms with E-state index in [2.05, 4.69) is 60.2 Å². The van der Waals surface area contributed by atoms with Crippen molar-refractivity contribution >= 4 is 22.1 Å². The Bertz CT molecular complexity index is 2040. The minimum atomic E-state index is -1.46. The van der Waals surface area contributed by atoms with Gasteiger partial charge in [0.1, 0.15) is 0 Å². The van der Waals surface area contributed by atoms with Crippen molar-refractivity contribution in [1.82, 2.24) is 15.0 Å². The standard InChI is InChI=1S/C28H25N2O.C11H8N.Ir/c1-17(2)15-20-13-14-29-25(16-20)23-10-6-9-21-22-11-12-24(30-28(22)31-27(21)23)26-18(3)7-5-8-19(26)4;1-2-6-10(7-3-1)11-8-4-5-9-12-11;/h5-9,11-14,16-17H,15H2,1-4H3;1-6,8-9H;/q2*-1;/i15D2;;. The molecule has 4 aromatic heterocycles. The smallest absolute Gasteiger partial charge is 0.216 e. The summed E-state index contributed by atoms with van der Waals surface area (Å²) in [6.07, 6.45) is 1.98. The third-order valence-electron chi connectivity index (χ3n) is 7.16. The normalized spacial score (nSPS) is 11.8. The molecular weight excluding hydrogens is 719 g/mol. The Labute approximate surface area is 275 Å². The minimum Gasteiger partial charge on any atom is -0.486 e. The Hall–Kier alpha value is -4.44. The van der Waals surface area contributed by atoms with Gasteiger partial charge in [-0.3, -0.25) is 0 Å². The second kappa shape index (κ2) is 13.9. The molecule has 4 heterocycles. The molecule has 0 aliphatic heterocycles. The van der Waals surface area contributed by atoms with E-state index in [1.165, 1.54) is 11.1 Å². The minimum absolute atomic E-state index is 0. The summed E-state index contributed by atoms with van der Waals surface area (Å²) in [5.41, 5.74) is 9.53. The van der Waals surface area contributed by atoms with E-state index in [1.54, 1.807) is 24.5 Å². The van der Waals surface area contributed by atoms with Crippen LogP contribution in [0.3, 0.4) is 0 Å². The van der Waals surface area contributed by atoms with E-state index in [1.807, 2.05) is 74.5 Å². The molecular formula is C39H33IrN3O-2. The van der Waals surface area contributed by atoms with Crippen LogP contribution in [0.4, 0.5) is 0 Å². The van der Waals surface area contributed by atoms with E-state index in [0.29, 0.717) is 28.1 Å². The van der Waals surface area contributed by atoms with Crippen molar-refractivity contribution in [3.63, 3.8) is 0 Å². The third-order valence-corrected chi connectivity index (χ3v) is 7.16. The van der Waals surface area contributed by atoms with Crippen LogP contribution in [0.5, 0.6) is 0 Å². The third kappa shape index (κ3) is 6.70. The molecule has 0 N–H and O–H groups in total. The van der Waals surface area contributed by atoms with Crippen LogP contribution in [-0.4, -0.2) is 15.0 Å². The Morgan fingerprint density at radius 1 is 0.750 bits per heavy atom. The van der Waals surface area contributed by atoms with E-state index in [9.17, 15) is 0 Å². The van der Waals surface area contributed by atoms with Gasteiger partial charge in [0, 0.05) is 46.2 Å². The molecule has 0 unspecified atom stereocenters. The molecule has 4 nitrogen and oxygen atoms in total. The van der Waals surface area contributed by atoms with Crippen LogP contribution in [0.1, 0.15) is 33.3 Å². The second-order valence-electron chi connectivity index (χ2n) is 10.7. The molecule has 221 valence electrons. The summed E-state index contributed by atoms with van der Waals surface area (Å²) < 4.78 is 23.2. The number of pyridine rings is 3. The van der Waals surface area contributed by atoms with Crippen molar-refractivity contribution in [2.75, 3.05) is 0 Å². The van der Waals surface area contributed by atoms with E-state index >= 15 is 0 Å². The van der Waals surface area contributed by atoms with Gasteiger partial charge in [-0.2, -0.15) is 0 Å². The van der Waals surface area contributed by atoms with Crippen molar-refractivity contribution in [3.05, 3.63) is 138 Å². The Morgan fingerprint density at radius 2 is 1.55 bits per heavy atom. The van der Waals surface area contributed by atoms with Crippen molar-refractivity contribution in [3.8, 4) is 33.8 Å². The molecule has 0 spiro atoms. The molecule has 0 amide bonds. The molecule has 7 aromatic rings. The van der Waals surface area contributed by atoms with Crippen LogP contribution in [-0.2, 0) is 26.5 Å². The summed E-state index contributed by atoms with van der Waals surface area (Å²) in [7, 11) is 0. The number of aryl methyl sites for hydroxylation is 2. The molecule has 0 saturated heterocycles. The maximum atomic E-state index is 8.47. The van der Waals surface area contributed by atoms with Crippen molar-refractivity contribution in [1.29, 1.82) is 0 Å². The van der Waals surface area contributed by atoms with Crippen LogP contribution in [0.25, 0.3) is 55.8 Å². The summed E-state index contributed by atoms with van der Waals surface area (Å²) in [6, 6.07) is 37.8. The fourth-order valence-electron chi connectivity index (χ4n) is 5.24. The van der Waals surface area contributed by atoms with Gasteiger partial charge in [0.15, 0.2) is 0 Å². The predicted molar refractivity (Wildman–Crippen MR) is 176 cm³/mol. The molecule has 5 heteroatoms. The average Bonchev–Trinajstić information content (AvgIpc) is 3.44. The SMILES string of the molecule is [2H]C([2H])(c1ccnc(-c2[c-]ccc3c2oc2nc(-c4c(C)cccc4C)ccc23)c1)C(C)C.[Ir].[c-]1ccccc1-c1ccccn1. The zero-order chi connectivity index (χ0) is 31.6. The number of rotatable bonds is 5. The summed E-state index contributed by atoms with van der Waals surface area (Å²) in [5.74, 6) is -0.161. The fourth-order valence-corrected chi connectivity index (χ4v) is 5.24. The molecule has 0 fully saturated rings. The van der Waals surface area contributed by atoms with Gasteiger partial charge in [-0.1, -0.05) is 66.8 Å². The first-order chi connectivity index (χ1) is 21.7. The molecule has 3 aromatic carbocycles. The van der Waals surface area contributed by atoms with Gasteiger partial charge in [-0.25, -0.2) is 4.98 Å². The Morgan fingerprint density at radius 3 is 2.27 bits per heavy atom. The molecule has 44 heavy (non-hydrogen) atoms. The van der Waals surface area contributed by atoms with Crippen molar-refractivity contribution in [2.24, 2.45) is 5.92 Å². The summed E-state index contributed by atoms with van der Waals surface area (Å²) >= 11 is 0. The van der Waals surface area contributed by atoms with Crippen LogP contribution < -0.4 is 0 Å². The Kier molecular flexibility index (Phi) is 8.95. The molecule has 0 saturated carbocycles. The zero-order valence-electron chi connectivity index (χ0n) is 27.1. The summed E-state index contributed by atoms with van der Waals surface area (Å²) in [6.45, 7) is 7.94. The Balaban J connectivity index is 0.000000269. The monoisotopic (exact) mass is 754 g/mol. The van der Waals surface area contributed by atoms with Crippen LogP contribution >= 0.6 is 0 Å². The zero-order valence-corrected chi connectivity index (χ0v) is 27.4. The van der Waals surface area contributed by atoms with Crippen LogP contribution in [0.15, 0.2) is 114 Å². The van der Waals surface area contributed by atoms with E-state index < -0.39 is 6.37 Å². The maximum Gasteiger partial charge on any atom is 0.216 e. The van der Waals surface area contributed by atoms with Crippen LogP contribution in [0.2, 0.25) is 0 Å². The van der Waals surface area contributed by atoms with Crippen molar-refractivity contribution in [2.45, 2.75) is 34.1 Å². The molecule has 1 radical (unpaired) electrons. The van der Waals surface area contributed by atoms with E-state index in [4.69, 9.17) is 12.1 Å². The number of benzene rings is 3. The number of hydrogen-bond donors (Lipinski definition) is 0. The van der Waals surface area contributed by atoms with E-state index in [-0.39, 0.29) is 26.0 Å². The van der Waals surface area contributed by atoms with Gasteiger partial charge in [-0.05, 0) is 72.9 Å². The maximum absolute atomic E-state index is 8.47. The van der Waals surface area contributed by atoms with E-state index in [0.717, 1.165) is 33.3 Å². The van der Waals surface area contributed by atoms with Gasteiger partial charge < -0.3 is 14.4 Å². The fraction of sp³-hybridized carbons (Fsp3) is 0.154. The number of hydrogen-bond acceptors (Lipinski definition) is 4. The second-order valence-corrected chi connectivity index (χ2v) is 10.7. The van der Waals surface area contributed by atoms with Gasteiger partial charge in [0.05, 0.1) is 11.3 Å². The van der Waals surface area contributed by atoms with Gasteiger partial charge >= 0.3 is 0 Å². The average molecular weight is 754 g/mol. The predicted octanol–water partition coefficient (Wildman–Crippen LogP) is 9.87. The number of nitrogens with zero attached hydrogens (tertiary/aromatic N) is 3. The summed E-state index contributed by atoms with van der Waals surface area (Å²) in [4.78, 5) is 13.6. The van der Waals surface area contributed by atoms with Gasteiger partial charge in [0.2, 0.25) is 5.71 Å². The number of furan rings is 1. The molecule has 0 bridgehead atoms.